The minimum Gasteiger partial charge on any atom is -0.457 e. The molecule has 7 heteroatoms. The van der Waals surface area contributed by atoms with E-state index in [4.69, 9.17) is 4.74 Å². The number of Topliss-reactive ketones (excluding diaryl/α,β-unsaturated/α-hetero) is 1. The number of rotatable bonds is 1. The fraction of sp³-hybridized carbons (Fsp3) is 0.607. The van der Waals surface area contributed by atoms with Gasteiger partial charge in [0.1, 0.15) is 17.7 Å². The Kier molecular flexibility index (Phi) is 8.54. The van der Waals surface area contributed by atoms with E-state index in [1.165, 1.54) is 0 Å². The molecule has 2 N–H and O–H groups in total. The molecule has 1 aromatic carbocycles. The Morgan fingerprint density at radius 3 is 2.57 bits per heavy atom. The lowest BCUT2D eigenvalue weighted by Crippen LogP contribution is -2.45. The van der Waals surface area contributed by atoms with Crippen LogP contribution in [-0.4, -0.2) is 43.7 Å². The summed E-state index contributed by atoms with van der Waals surface area (Å²) in [6, 6.07) is 5.87. The molecule has 0 bridgehead atoms. The number of aromatic nitrogens is 2. The Balaban J connectivity index is 1.89. The number of hydrogen-bond donors (Lipinski definition) is 2. The van der Waals surface area contributed by atoms with Crippen LogP contribution in [-0.2, 0) is 21.4 Å². The van der Waals surface area contributed by atoms with Gasteiger partial charge in [0.2, 0.25) is 0 Å². The molecule has 0 saturated carbocycles. The van der Waals surface area contributed by atoms with Gasteiger partial charge in [-0.2, -0.15) is 0 Å². The van der Waals surface area contributed by atoms with Crippen LogP contribution in [0.25, 0.3) is 11.0 Å². The van der Waals surface area contributed by atoms with Crippen LogP contribution in [0.5, 0.6) is 0 Å². The van der Waals surface area contributed by atoms with Crippen LogP contribution in [0.3, 0.4) is 0 Å². The lowest BCUT2D eigenvalue weighted by molar-refractivity contribution is -0.155. The highest BCUT2D eigenvalue weighted by Crippen LogP contribution is 2.33. The Labute approximate surface area is 208 Å². The standard InChI is InChI=1S/C28H40N2O5/c1-17-11-9-7-8-10-12-23(20-13-14-22-21(15-20)29-19(3)30(22)6)35-25(32)16-24(31)28(4,5)27(34)18(2)26(17)33/h8,10,13-15,17-18,23-24,26,31,33H,7,9,11-12,16H2,1-6H3/b10-8-. The topological polar surface area (TPSA) is 102 Å². The number of ether oxygens (including phenoxy) is 1. The zero-order chi connectivity index (χ0) is 25.9. The highest BCUT2D eigenvalue weighted by molar-refractivity contribution is 5.88. The largest absolute Gasteiger partial charge is 0.457 e. The normalized spacial score (nSPS) is 30.2. The number of esters is 1. The Morgan fingerprint density at radius 1 is 1.14 bits per heavy atom. The molecule has 7 nitrogen and oxygen atoms in total. The summed E-state index contributed by atoms with van der Waals surface area (Å²) in [6.45, 7) is 8.85. The molecule has 0 aliphatic carbocycles. The van der Waals surface area contributed by atoms with Crippen LogP contribution >= 0.6 is 0 Å². The molecule has 0 spiro atoms. The second-order valence-corrected chi connectivity index (χ2v) is 10.6. The zero-order valence-corrected chi connectivity index (χ0v) is 21.8. The van der Waals surface area contributed by atoms with E-state index in [0.717, 1.165) is 41.7 Å². The van der Waals surface area contributed by atoms with Crippen LogP contribution in [0, 0.1) is 24.2 Å². The first-order valence-electron chi connectivity index (χ1n) is 12.6. The number of aliphatic hydroxyl groups is 2. The minimum atomic E-state index is -1.22. The summed E-state index contributed by atoms with van der Waals surface area (Å²) in [7, 11) is 1.96. The molecule has 3 rings (SSSR count). The summed E-state index contributed by atoms with van der Waals surface area (Å²) in [5.74, 6) is -0.611. The highest BCUT2D eigenvalue weighted by atomic mass is 16.5. The Morgan fingerprint density at radius 2 is 1.86 bits per heavy atom. The number of imidazole rings is 1. The van der Waals surface area contributed by atoms with E-state index in [-0.39, 0.29) is 18.1 Å². The van der Waals surface area contributed by atoms with E-state index >= 15 is 0 Å². The van der Waals surface area contributed by atoms with Gasteiger partial charge in [0.05, 0.1) is 35.1 Å². The van der Waals surface area contributed by atoms with E-state index in [9.17, 15) is 19.8 Å². The number of fused-ring (bicyclic) bond motifs is 1. The molecule has 1 aliphatic heterocycles. The fourth-order valence-electron chi connectivity index (χ4n) is 4.87. The first-order valence-corrected chi connectivity index (χ1v) is 12.6. The van der Waals surface area contributed by atoms with Crippen molar-refractivity contribution in [1.82, 2.24) is 9.55 Å². The maximum Gasteiger partial charge on any atom is 0.309 e. The second-order valence-electron chi connectivity index (χ2n) is 10.6. The summed E-state index contributed by atoms with van der Waals surface area (Å²) >= 11 is 0. The maximum atomic E-state index is 13.2. The summed E-state index contributed by atoms with van der Waals surface area (Å²) in [5, 5.41) is 21.6. The third-order valence-electron chi connectivity index (χ3n) is 7.66. The lowest BCUT2D eigenvalue weighted by Gasteiger charge is -2.34. The van der Waals surface area contributed by atoms with Gasteiger partial charge >= 0.3 is 5.97 Å². The molecule has 192 valence electrons. The average Bonchev–Trinajstić information content (AvgIpc) is 3.10. The third-order valence-corrected chi connectivity index (χ3v) is 7.66. The van der Waals surface area contributed by atoms with Crippen molar-refractivity contribution in [3.05, 3.63) is 41.7 Å². The first kappa shape index (κ1) is 27.1. The molecule has 0 fully saturated rings. The van der Waals surface area contributed by atoms with E-state index < -0.39 is 35.6 Å². The van der Waals surface area contributed by atoms with Crippen molar-refractivity contribution in [2.75, 3.05) is 0 Å². The monoisotopic (exact) mass is 484 g/mol. The molecule has 1 aromatic heterocycles. The van der Waals surface area contributed by atoms with Gasteiger partial charge in [-0.05, 0) is 49.8 Å². The predicted molar refractivity (Wildman–Crippen MR) is 136 cm³/mol. The second kappa shape index (κ2) is 11.0. The van der Waals surface area contributed by atoms with Crippen molar-refractivity contribution < 1.29 is 24.5 Å². The number of carbonyl (C=O) groups excluding carboxylic acids is 2. The van der Waals surface area contributed by atoms with Crippen molar-refractivity contribution in [3.8, 4) is 0 Å². The SMILES string of the molecule is Cc1nc2cc(C3C/C=C\CCCC(C)C(O)C(C)C(=O)C(C)(C)C(O)CC(=O)O3)ccc2n1C. The van der Waals surface area contributed by atoms with Crippen LogP contribution in [0.15, 0.2) is 30.4 Å². The average molecular weight is 485 g/mol. The summed E-state index contributed by atoms with van der Waals surface area (Å²) in [5.41, 5.74) is 1.48. The fourth-order valence-corrected chi connectivity index (χ4v) is 4.87. The van der Waals surface area contributed by atoms with E-state index in [1.54, 1.807) is 20.8 Å². The van der Waals surface area contributed by atoms with Crippen molar-refractivity contribution in [1.29, 1.82) is 0 Å². The molecule has 35 heavy (non-hydrogen) atoms. The number of cyclic esters (lactones) is 1. The molecular formula is C28H40N2O5. The number of carbonyl (C=O) groups is 2. The van der Waals surface area contributed by atoms with Crippen molar-refractivity contribution in [2.45, 2.75) is 85.0 Å². The lowest BCUT2D eigenvalue weighted by atomic mass is 9.73. The summed E-state index contributed by atoms with van der Waals surface area (Å²) in [4.78, 5) is 30.7. The van der Waals surface area contributed by atoms with Crippen LogP contribution in [0.2, 0.25) is 0 Å². The molecule has 2 aromatic rings. The number of nitrogens with zero attached hydrogens (tertiary/aromatic N) is 2. The molecule has 5 unspecified atom stereocenters. The Hall–Kier alpha value is -2.51. The predicted octanol–water partition coefficient (Wildman–Crippen LogP) is 4.58. The number of hydrogen-bond acceptors (Lipinski definition) is 6. The Bertz CT molecular complexity index is 1090. The van der Waals surface area contributed by atoms with E-state index in [1.807, 2.05) is 49.7 Å². The van der Waals surface area contributed by atoms with Gasteiger partial charge in [-0.25, -0.2) is 4.98 Å². The molecular weight excluding hydrogens is 444 g/mol. The number of allylic oxidation sites excluding steroid dienone is 1. The highest BCUT2D eigenvalue weighted by Gasteiger charge is 2.42. The van der Waals surface area contributed by atoms with Gasteiger partial charge in [0.15, 0.2) is 0 Å². The molecule has 0 amide bonds. The molecule has 1 aliphatic rings. The third kappa shape index (κ3) is 6.01. The maximum absolute atomic E-state index is 13.2. The molecule has 0 radical (unpaired) electrons. The molecule has 2 heterocycles. The summed E-state index contributed by atoms with van der Waals surface area (Å²) < 4.78 is 7.85. The van der Waals surface area contributed by atoms with Gasteiger partial charge in [0.25, 0.3) is 0 Å². The minimum absolute atomic E-state index is 0.0468. The van der Waals surface area contributed by atoms with Crippen LogP contribution < -0.4 is 0 Å². The number of benzene rings is 1. The van der Waals surface area contributed by atoms with Crippen LogP contribution in [0.4, 0.5) is 0 Å². The number of ketones is 1. The van der Waals surface area contributed by atoms with Crippen molar-refractivity contribution >= 4 is 22.8 Å². The van der Waals surface area contributed by atoms with Gasteiger partial charge in [-0.3, -0.25) is 9.59 Å². The van der Waals surface area contributed by atoms with Crippen molar-refractivity contribution in [2.24, 2.45) is 24.3 Å². The van der Waals surface area contributed by atoms with Crippen molar-refractivity contribution in [3.63, 3.8) is 0 Å². The first-order chi connectivity index (χ1) is 16.4. The molecule has 0 saturated heterocycles. The zero-order valence-electron chi connectivity index (χ0n) is 21.8. The van der Waals surface area contributed by atoms with E-state index in [0.29, 0.717) is 6.42 Å². The quantitative estimate of drug-likeness (QED) is 0.454. The van der Waals surface area contributed by atoms with Gasteiger partial charge < -0.3 is 19.5 Å². The smallest absolute Gasteiger partial charge is 0.309 e. The number of aliphatic hydroxyl groups excluding tert-OH is 2. The van der Waals surface area contributed by atoms with E-state index in [2.05, 4.69) is 11.1 Å². The van der Waals surface area contributed by atoms with Gasteiger partial charge in [-0.15, -0.1) is 0 Å². The molecule has 5 atom stereocenters. The van der Waals surface area contributed by atoms with Gasteiger partial charge in [0, 0.05) is 19.4 Å². The van der Waals surface area contributed by atoms with Gasteiger partial charge in [-0.1, -0.05) is 45.9 Å². The summed E-state index contributed by atoms with van der Waals surface area (Å²) in [6.07, 6.45) is 4.24. The van der Waals surface area contributed by atoms with Crippen LogP contribution in [0.1, 0.15) is 77.3 Å². The number of aryl methyl sites for hydroxylation is 2.